The Balaban J connectivity index is 1.81. The topological polar surface area (TPSA) is 88.5 Å². The van der Waals surface area contributed by atoms with Gasteiger partial charge in [0.2, 0.25) is 15.9 Å². The zero-order chi connectivity index (χ0) is 19.6. The molecule has 0 saturated carbocycles. The van der Waals surface area contributed by atoms with Crippen LogP contribution in [0.4, 0.5) is 10.1 Å². The quantitative estimate of drug-likeness (QED) is 0.812. The third kappa shape index (κ3) is 4.20. The molecule has 0 aliphatic carbocycles. The van der Waals surface area contributed by atoms with E-state index in [-0.39, 0.29) is 15.6 Å². The number of halogens is 2. The number of hydrogen-bond donors (Lipinski definition) is 1. The van der Waals surface area contributed by atoms with Crippen molar-refractivity contribution in [1.29, 1.82) is 0 Å². The molecule has 1 amide bonds. The predicted molar refractivity (Wildman–Crippen MR) is 98.7 cm³/mol. The molecular weight excluding hydrogens is 397 g/mol. The molecule has 0 bridgehead atoms. The second-order valence-corrected chi connectivity index (χ2v) is 8.43. The number of carbonyl (C=O) groups is 1. The summed E-state index contributed by atoms with van der Waals surface area (Å²) in [4.78, 5) is 24.3. The summed E-state index contributed by atoms with van der Waals surface area (Å²) < 4.78 is 41.2. The van der Waals surface area contributed by atoms with Gasteiger partial charge in [0.25, 0.3) is 5.56 Å². The van der Waals surface area contributed by atoms with Gasteiger partial charge in [0.05, 0.1) is 5.69 Å². The second kappa shape index (κ2) is 7.79. The molecule has 0 spiro atoms. The van der Waals surface area contributed by atoms with E-state index in [1.807, 2.05) is 0 Å². The van der Waals surface area contributed by atoms with E-state index >= 15 is 0 Å². The lowest BCUT2D eigenvalue weighted by atomic mass is 10.3. The number of hydrogen-bond acceptors (Lipinski definition) is 4. The fraction of sp³-hybridized carbons (Fsp3) is 0.294. The minimum absolute atomic E-state index is 0.0849. The standard InChI is InChI=1S/C17H17ClFN3O4S/c18-12-5-6-14(13(19)10-12)20-16(23)11-21-7-3-4-15(17(21)24)27(25,26)22-8-1-2-9-22/h3-7,10H,1-2,8-9,11H2,(H,20,23). The Kier molecular flexibility index (Phi) is 5.64. The zero-order valence-corrected chi connectivity index (χ0v) is 15.8. The van der Waals surface area contributed by atoms with Crippen LogP contribution in [0.25, 0.3) is 0 Å². The first-order chi connectivity index (χ1) is 12.8. The summed E-state index contributed by atoms with van der Waals surface area (Å²) in [6, 6.07) is 6.37. The van der Waals surface area contributed by atoms with Gasteiger partial charge in [0, 0.05) is 24.3 Å². The van der Waals surface area contributed by atoms with E-state index in [0.717, 1.165) is 23.5 Å². The van der Waals surface area contributed by atoms with E-state index in [1.165, 1.54) is 34.8 Å². The lowest BCUT2D eigenvalue weighted by molar-refractivity contribution is -0.116. The van der Waals surface area contributed by atoms with E-state index in [9.17, 15) is 22.4 Å². The molecule has 2 aromatic rings. The molecule has 1 aromatic heterocycles. The number of aromatic nitrogens is 1. The predicted octanol–water partition coefficient (Wildman–Crippen LogP) is 2.06. The van der Waals surface area contributed by atoms with Crippen LogP contribution < -0.4 is 10.9 Å². The number of rotatable bonds is 5. The molecule has 3 rings (SSSR count). The highest BCUT2D eigenvalue weighted by molar-refractivity contribution is 7.89. The Bertz CT molecular complexity index is 1030. The van der Waals surface area contributed by atoms with Gasteiger partial charge in [0.1, 0.15) is 17.3 Å². The van der Waals surface area contributed by atoms with Gasteiger partial charge in [-0.15, -0.1) is 0 Å². The van der Waals surface area contributed by atoms with E-state index in [0.29, 0.717) is 13.1 Å². The van der Waals surface area contributed by atoms with Crippen molar-refractivity contribution in [2.45, 2.75) is 24.3 Å². The molecule has 27 heavy (non-hydrogen) atoms. The summed E-state index contributed by atoms with van der Waals surface area (Å²) in [7, 11) is -3.90. The van der Waals surface area contributed by atoms with Crippen LogP contribution in [0.2, 0.25) is 5.02 Å². The number of sulfonamides is 1. The van der Waals surface area contributed by atoms with E-state index in [4.69, 9.17) is 11.6 Å². The number of amides is 1. The van der Waals surface area contributed by atoms with Crippen LogP contribution in [0, 0.1) is 5.82 Å². The van der Waals surface area contributed by atoms with Gasteiger partial charge in [0.15, 0.2) is 0 Å². The van der Waals surface area contributed by atoms with Gasteiger partial charge in [-0.1, -0.05) is 11.6 Å². The fourth-order valence-corrected chi connectivity index (χ4v) is 4.60. The number of nitrogens with zero attached hydrogens (tertiary/aromatic N) is 2. The minimum atomic E-state index is -3.90. The van der Waals surface area contributed by atoms with Gasteiger partial charge in [-0.05, 0) is 43.2 Å². The molecule has 1 saturated heterocycles. The first kappa shape index (κ1) is 19.5. The lowest BCUT2D eigenvalue weighted by Gasteiger charge is -2.16. The molecule has 1 N–H and O–H groups in total. The molecule has 10 heteroatoms. The third-order valence-electron chi connectivity index (χ3n) is 4.19. The Morgan fingerprint density at radius 1 is 1.22 bits per heavy atom. The van der Waals surface area contributed by atoms with Crippen molar-refractivity contribution >= 4 is 33.2 Å². The number of anilines is 1. The summed E-state index contributed by atoms with van der Waals surface area (Å²) in [5.41, 5.74) is -0.880. The van der Waals surface area contributed by atoms with Crippen LogP contribution in [0.15, 0.2) is 46.2 Å². The van der Waals surface area contributed by atoms with Crippen molar-refractivity contribution in [3.63, 3.8) is 0 Å². The summed E-state index contributed by atoms with van der Waals surface area (Å²) >= 11 is 5.66. The van der Waals surface area contributed by atoms with Crippen LogP contribution in [-0.2, 0) is 21.4 Å². The van der Waals surface area contributed by atoms with Crippen molar-refractivity contribution in [3.8, 4) is 0 Å². The first-order valence-electron chi connectivity index (χ1n) is 8.23. The summed E-state index contributed by atoms with van der Waals surface area (Å²) in [6.07, 6.45) is 2.80. The van der Waals surface area contributed by atoms with E-state index in [2.05, 4.69) is 5.32 Å². The Morgan fingerprint density at radius 2 is 1.93 bits per heavy atom. The number of pyridine rings is 1. The summed E-state index contributed by atoms with van der Waals surface area (Å²) in [6.45, 7) is 0.282. The van der Waals surface area contributed by atoms with Crippen molar-refractivity contribution in [2.24, 2.45) is 0 Å². The molecule has 0 radical (unpaired) electrons. The average molecular weight is 414 g/mol. The Hall–Kier alpha value is -2.23. The minimum Gasteiger partial charge on any atom is -0.322 e. The molecule has 1 aromatic carbocycles. The molecule has 2 heterocycles. The van der Waals surface area contributed by atoms with Crippen LogP contribution in [-0.4, -0.2) is 36.3 Å². The summed E-state index contributed by atoms with van der Waals surface area (Å²) in [5.74, 6) is -1.39. The third-order valence-corrected chi connectivity index (χ3v) is 6.33. The Morgan fingerprint density at radius 3 is 2.59 bits per heavy atom. The fourth-order valence-electron chi connectivity index (χ4n) is 2.84. The maximum atomic E-state index is 13.8. The number of benzene rings is 1. The van der Waals surface area contributed by atoms with Crippen LogP contribution >= 0.6 is 11.6 Å². The molecule has 7 nitrogen and oxygen atoms in total. The lowest BCUT2D eigenvalue weighted by Crippen LogP contribution is -2.36. The van der Waals surface area contributed by atoms with Crippen molar-refractivity contribution in [2.75, 3.05) is 18.4 Å². The van der Waals surface area contributed by atoms with Crippen molar-refractivity contribution in [1.82, 2.24) is 8.87 Å². The van der Waals surface area contributed by atoms with Gasteiger partial charge >= 0.3 is 0 Å². The van der Waals surface area contributed by atoms with Gasteiger partial charge in [-0.25, -0.2) is 12.8 Å². The normalized spacial score (nSPS) is 15.0. The molecule has 1 aliphatic heterocycles. The largest absolute Gasteiger partial charge is 0.322 e. The SMILES string of the molecule is O=C(Cn1cccc(S(=O)(=O)N2CCCC2)c1=O)Nc1ccc(Cl)cc1F. The second-order valence-electron chi connectivity index (χ2n) is 6.09. The van der Waals surface area contributed by atoms with E-state index < -0.39 is 33.9 Å². The average Bonchev–Trinajstić information content (AvgIpc) is 3.14. The van der Waals surface area contributed by atoms with Crippen LogP contribution in [0.3, 0.4) is 0 Å². The first-order valence-corrected chi connectivity index (χ1v) is 10.1. The highest BCUT2D eigenvalue weighted by Crippen LogP contribution is 2.19. The molecular formula is C17H17ClFN3O4S. The van der Waals surface area contributed by atoms with Crippen molar-refractivity contribution in [3.05, 3.63) is 57.7 Å². The van der Waals surface area contributed by atoms with Crippen molar-refractivity contribution < 1.29 is 17.6 Å². The monoisotopic (exact) mass is 413 g/mol. The highest BCUT2D eigenvalue weighted by atomic mass is 35.5. The molecule has 0 unspecified atom stereocenters. The molecule has 0 atom stereocenters. The number of carbonyl (C=O) groups excluding carboxylic acids is 1. The smallest absolute Gasteiger partial charge is 0.271 e. The van der Waals surface area contributed by atoms with Crippen LogP contribution in [0.5, 0.6) is 0 Å². The Labute approximate surface area is 160 Å². The van der Waals surface area contributed by atoms with Gasteiger partial charge in [-0.2, -0.15) is 4.31 Å². The molecule has 1 fully saturated rings. The highest BCUT2D eigenvalue weighted by Gasteiger charge is 2.30. The maximum absolute atomic E-state index is 13.8. The zero-order valence-electron chi connectivity index (χ0n) is 14.2. The van der Waals surface area contributed by atoms with E-state index in [1.54, 1.807) is 0 Å². The van der Waals surface area contributed by atoms with Gasteiger partial charge in [-0.3, -0.25) is 9.59 Å². The number of nitrogens with one attached hydrogen (secondary N) is 1. The maximum Gasteiger partial charge on any atom is 0.271 e. The molecule has 1 aliphatic rings. The van der Waals surface area contributed by atoms with Crippen LogP contribution in [0.1, 0.15) is 12.8 Å². The summed E-state index contributed by atoms with van der Waals surface area (Å²) in [5, 5.41) is 2.52. The molecule has 144 valence electrons. The van der Waals surface area contributed by atoms with Gasteiger partial charge < -0.3 is 9.88 Å².